The first-order valence-electron chi connectivity index (χ1n) is 4.97. The smallest absolute Gasteiger partial charge is 0.150 e. The van der Waals surface area contributed by atoms with E-state index in [-0.39, 0.29) is 22.9 Å². The normalized spacial score (nSPS) is 10.4. The Morgan fingerprint density at radius 2 is 1.94 bits per heavy atom. The summed E-state index contributed by atoms with van der Waals surface area (Å²) in [7, 11) is 0. The molecule has 1 aromatic heterocycles. The number of anilines is 3. The number of halogens is 3. The molecule has 0 aliphatic heterocycles. The predicted molar refractivity (Wildman–Crippen MR) is 68.5 cm³/mol. The van der Waals surface area contributed by atoms with Crippen LogP contribution in [0.4, 0.5) is 26.1 Å². The number of aromatic nitrogens is 2. The van der Waals surface area contributed by atoms with Crippen molar-refractivity contribution in [3.63, 3.8) is 0 Å². The number of hydrogen-bond donors (Lipinski definition) is 2. The van der Waals surface area contributed by atoms with Crippen molar-refractivity contribution in [2.24, 2.45) is 0 Å². The lowest BCUT2D eigenvalue weighted by molar-refractivity contribution is 0.595. The van der Waals surface area contributed by atoms with Gasteiger partial charge in [-0.25, -0.2) is 18.7 Å². The first-order valence-corrected chi connectivity index (χ1v) is 5.77. The largest absolute Gasteiger partial charge is 0.383 e. The van der Waals surface area contributed by atoms with E-state index < -0.39 is 11.6 Å². The van der Waals surface area contributed by atoms with Crippen LogP contribution in [-0.2, 0) is 0 Å². The van der Waals surface area contributed by atoms with Gasteiger partial charge in [0.15, 0.2) is 0 Å². The van der Waals surface area contributed by atoms with Gasteiger partial charge in [0.1, 0.15) is 34.1 Å². The van der Waals surface area contributed by atoms with Gasteiger partial charge in [-0.3, -0.25) is 0 Å². The number of rotatable bonds is 2. The molecule has 0 saturated carbocycles. The van der Waals surface area contributed by atoms with Crippen LogP contribution in [-0.4, -0.2) is 9.97 Å². The third kappa shape index (κ3) is 2.40. The average Bonchev–Trinajstić information content (AvgIpc) is 2.32. The first kappa shape index (κ1) is 12.7. The minimum atomic E-state index is -0.571. The third-order valence-electron chi connectivity index (χ3n) is 2.32. The minimum Gasteiger partial charge on any atom is -0.383 e. The lowest BCUT2D eigenvalue weighted by Crippen LogP contribution is -2.02. The standard InChI is InChI=1S/C11H9BrF2N4/c1-5-2-7(14)8(3-6(5)13)18-11-9(12)10(15)16-4-17-11/h2-4H,1H3,(H3,15,16,17,18). The molecule has 0 unspecified atom stereocenters. The molecule has 0 radical (unpaired) electrons. The summed E-state index contributed by atoms with van der Waals surface area (Å²) in [5, 5.41) is 2.66. The topological polar surface area (TPSA) is 63.8 Å². The van der Waals surface area contributed by atoms with Gasteiger partial charge in [0, 0.05) is 6.07 Å². The number of aryl methyl sites for hydroxylation is 1. The van der Waals surface area contributed by atoms with E-state index in [1.165, 1.54) is 13.3 Å². The molecule has 94 valence electrons. The molecule has 1 heterocycles. The molecule has 0 bridgehead atoms. The monoisotopic (exact) mass is 314 g/mol. The highest BCUT2D eigenvalue weighted by molar-refractivity contribution is 9.10. The summed E-state index contributed by atoms with van der Waals surface area (Å²) in [6.07, 6.45) is 1.23. The quantitative estimate of drug-likeness (QED) is 0.893. The van der Waals surface area contributed by atoms with Gasteiger partial charge in [-0.2, -0.15) is 0 Å². The fourth-order valence-electron chi connectivity index (χ4n) is 1.34. The number of nitrogens with two attached hydrogens (primary N) is 1. The van der Waals surface area contributed by atoms with Gasteiger partial charge >= 0.3 is 0 Å². The van der Waals surface area contributed by atoms with Crippen LogP contribution in [0.1, 0.15) is 5.56 Å². The van der Waals surface area contributed by atoms with Gasteiger partial charge in [0.25, 0.3) is 0 Å². The predicted octanol–water partition coefficient (Wildman–Crippen LogP) is 3.15. The molecule has 0 aliphatic carbocycles. The highest BCUT2D eigenvalue weighted by Gasteiger charge is 2.11. The zero-order valence-electron chi connectivity index (χ0n) is 9.34. The highest BCUT2D eigenvalue weighted by Crippen LogP contribution is 2.28. The lowest BCUT2D eigenvalue weighted by atomic mass is 10.2. The second-order valence-electron chi connectivity index (χ2n) is 3.63. The Bertz CT molecular complexity index is 604. The number of nitrogen functional groups attached to an aromatic ring is 1. The zero-order valence-corrected chi connectivity index (χ0v) is 10.9. The van der Waals surface area contributed by atoms with Crippen LogP contribution >= 0.6 is 15.9 Å². The van der Waals surface area contributed by atoms with Crippen molar-refractivity contribution in [3.8, 4) is 0 Å². The van der Waals surface area contributed by atoms with Gasteiger partial charge in [0.05, 0.1) is 5.69 Å². The fourth-order valence-corrected chi connectivity index (χ4v) is 1.64. The summed E-state index contributed by atoms with van der Waals surface area (Å²) >= 11 is 3.17. The molecule has 7 heteroatoms. The highest BCUT2D eigenvalue weighted by atomic mass is 79.9. The summed E-state index contributed by atoms with van der Waals surface area (Å²) in [5.74, 6) is -0.597. The van der Waals surface area contributed by atoms with E-state index in [4.69, 9.17) is 5.73 Å². The maximum absolute atomic E-state index is 13.6. The molecule has 0 amide bonds. The van der Waals surface area contributed by atoms with Crippen molar-refractivity contribution < 1.29 is 8.78 Å². The van der Waals surface area contributed by atoms with Crippen LogP contribution in [0.25, 0.3) is 0 Å². The summed E-state index contributed by atoms with van der Waals surface area (Å²) in [6.45, 7) is 1.49. The summed E-state index contributed by atoms with van der Waals surface area (Å²) in [6, 6.07) is 2.17. The molecular weight excluding hydrogens is 306 g/mol. The van der Waals surface area contributed by atoms with Crippen LogP contribution in [0.3, 0.4) is 0 Å². The van der Waals surface area contributed by atoms with Crippen molar-refractivity contribution in [1.82, 2.24) is 9.97 Å². The van der Waals surface area contributed by atoms with Gasteiger partial charge in [-0.1, -0.05) is 0 Å². The van der Waals surface area contributed by atoms with Gasteiger partial charge in [-0.05, 0) is 34.5 Å². The molecular formula is C11H9BrF2N4. The van der Waals surface area contributed by atoms with Crippen LogP contribution in [0.15, 0.2) is 22.9 Å². The van der Waals surface area contributed by atoms with Crippen molar-refractivity contribution in [2.75, 3.05) is 11.1 Å². The first-order chi connectivity index (χ1) is 8.49. The van der Waals surface area contributed by atoms with E-state index in [9.17, 15) is 8.78 Å². The molecule has 0 spiro atoms. The second kappa shape index (κ2) is 4.85. The van der Waals surface area contributed by atoms with Gasteiger partial charge in [-0.15, -0.1) is 0 Å². The van der Waals surface area contributed by atoms with Crippen LogP contribution in [0.5, 0.6) is 0 Å². The van der Waals surface area contributed by atoms with Crippen molar-refractivity contribution in [3.05, 3.63) is 40.1 Å². The maximum Gasteiger partial charge on any atom is 0.150 e. The zero-order chi connectivity index (χ0) is 13.3. The Kier molecular flexibility index (Phi) is 3.42. The Balaban J connectivity index is 2.40. The molecule has 1 aromatic carbocycles. The van der Waals surface area contributed by atoms with Crippen molar-refractivity contribution in [1.29, 1.82) is 0 Å². The van der Waals surface area contributed by atoms with Gasteiger partial charge < -0.3 is 11.1 Å². The number of benzene rings is 1. The maximum atomic E-state index is 13.6. The molecule has 18 heavy (non-hydrogen) atoms. The molecule has 0 fully saturated rings. The average molecular weight is 315 g/mol. The van der Waals surface area contributed by atoms with Crippen molar-refractivity contribution in [2.45, 2.75) is 6.92 Å². The fraction of sp³-hybridized carbons (Fsp3) is 0.0909. The van der Waals surface area contributed by atoms with Crippen LogP contribution in [0, 0.1) is 18.6 Å². The van der Waals surface area contributed by atoms with Gasteiger partial charge in [0.2, 0.25) is 0 Å². The Morgan fingerprint density at radius 1 is 1.22 bits per heavy atom. The molecule has 0 saturated heterocycles. The molecule has 2 aromatic rings. The van der Waals surface area contributed by atoms with E-state index in [0.29, 0.717) is 4.47 Å². The van der Waals surface area contributed by atoms with E-state index in [0.717, 1.165) is 12.1 Å². The number of hydrogen-bond acceptors (Lipinski definition) is 4. The summed E-state index contributed by atoms with van der Waals surface area (Å²) < 4.78 is 27.4. The summed E-state index contributed by atoms with van der Waals surface area (Å²) in [4.78, 5) is 7.64. The third-order valence-corrected chi connectivity index (χ3v) is 3.10. The van der Waals surface area contributed by atoms with E-state index in [2.05, 4.69) is 31.2 Å². The molecule has 4 nitrogen and oxygen atoms in total. The van der Waals surface area contributed by atoms with E-state index in [1.54, 1.807) is 0 Å². The molecule has 3 N–H and O–H groups in total. The lowest BCUT2D eigenvalue weighted by Gasteiger charge is -2.10. The minimum absolute atomic E-state index is 0.0168. The Hall–Kier alpha value is -1.76. The van der Waals surface area contributed by atoms with E-state index >= 15 is 0 Å². The van der Waals surface area contributed by atoms with Crippen molar-refractivity contribution >= 4 is 33.3 Å². The Labute approximate surface area is 110 Å². The SMILES string of the molecule is Cc1cc(F)c(Nc2ncnc(N)c2Br)cc1F. The molecule has 0 atom stereocenters. The van der Waals surface area contributed by atoms with E-state index in [1.807, 2.05) is 0 Å². The molecule has 0 aliphatic rings. The number of nitrogens with one attached hydrogen (secondary N) is 1. The second-order valence-corrected chi connectivity index (χ2v) is 4.42. The van der Waals surface area contributed by atoms with Crippen LogP contribution < -0.4 is 11.1 Å². The number of nitrogens with zero attached hydrogens (tertiary/aromatic N) is 2. The molecule has 2 rings (SSSR count). The summed E-state index contributed by atoms with van der Waals surface area (Å²) in [5.41, 5.74) is 5.78. The Morgan fingerprint density at radius 3 is 2.67 bits per heavy atom. The van der Waals surface area contributed by atoms with Crippen LogP contribution in [0.2, 0.25) is 0 Å².